The van der Waals surface area contributed by atoms with Crippen LogP contribution in [0, 0.1) is 0 Å². The summed E-state index contributed by atoms with van der Waals surface area (Å²) in [4.78, 5) is 2.61. The molecule has 0 aliphatic carbocycles. The summed E-state index contributed by atoms with van der Waals surface area (Å²) in [6.07, 6.45) is 2.24. The Labute approximate surface area is 121 Å². The predicted molar refractivity (Wildman–Crippen MR) is 86.6 cm³/mol. The van der Waals surface area contributed by atoms with Crippen molar-refractivity contribution in [1.29, 1.82) is 0 Å². The van der Waals surface area contributed by atoms with Gasteiger partial charge in [-0.25, -0.2) is 0 Å². The van der Waals surface area contributed by atoms with Crippen LogP contribution in [0.2, 0.25) is 0 Å². The minimum atomic E-state index is 0.178. The molecule has 0 radical (unpaired) electrons. The molecule has 0 saturated carbocycles. The first-order valence-electron chi connectivity index (χ1n) is 7.63. The van der Waals surface area contributed by atoms with E-state index in [9.17, 15) is 0 Å². The molecule has 19 heavy (non-hydrogen) atoms. The van der Waals surface area contributed by atoms with E-state index in [1.807, 2.05) is 0 Å². The Morgan fingerprint density at radius 2 is 1.47 bits per heavy atom. The lowest BCUT2D eigenvalue weighted by Crippen LogP contribution is -2.57. The van der Waals surface area contributed by atoms with Gasteiger partial charge in [-0.15, -0.1) is 0 Å². The van der Waals surface area contributed by atoms with Crippen LogP contribution in [0.1, 0.15) is 68.2 Å². The zero-order valence-corrected chi connectivity index (χ0v) is 14.6. The highest BCUT2D eigenvalue weighted by Crippen LogP contribution is 2.28. The van der Waals surface area contributed by atoms with Crippen molar-refractivity contribution >= 4 is 0 Å². The highest BCUT2D eigenvalue weighted by Gasteiger charge is 2.34. The van der Waals surface area contributed by atoms with Gasteiger partial charge in [0.2, 0.25) is 0 Å². The third kappa shape index (κ3) is 7.91. The number of nitrogens with two attached hydrogens (primary N) is 1. The fourth-order valence-corrected chi connectivity index (χ4v) is 2.76. The van der Waals surface area contributed by atoms with Crippen molar-refractivity contribution in [2.24, 2.45) is 5.73 Å². The molecule has 3 nitrogen and oxygen atoms in total. The average Bonchev–Trinajstić information content (AvgIpc) is 2.18. The Balaban J connectivity index is 4.64. The molecule has 0 spiro atoms. The molecule has 0 aromatic rings. The van der Waals surface area contributed by atoms with Gasteiger partial charge in [0.15, 0.2) is 0 Å². The molecule has 0 atom stereocenters. The molecule has 0 unspecified atom stereocenters. The van der Waals surface area contributed by atoms with E-state index in [-0.39, 0.29) is 16.6 Å². The maximum atomic E-state index is 5.67. The molecule has 0 aromatic heterocycles. The van der Waals surface area contributed by atoms with Crippen LogP contribution in [0.4, 0.5) is 0 Å². The first-order chi connectivity index (χ1) is 8.40. The largest absolute Gasteiger partial charge is 0.330 e. The molecule has 116 valence electrons. The summed E-state index contributed by atoms with van der Waals surface area (Å²) in [6.45, 7) is 21.1. The number of nitrogens with zero attached hydrogens (tertiary/aromatic N) is 1. The fourth-order valence-electron chi connectivity index (χ4n) is 2.76. The van der Waals surface area contributed by atoms with Crippen LogP contribution in [-0.4, -0.2) is 41.2 Å². The van der Waals surface area contributed by atoms with E-state index in [0.29, 0.717) is 0 Å². The first kappa shape index (κ1) is 18.9. The Hall–Kier alpha value is -0.120. The van der Waals surface area contributed by atoms with Crippen molar-refractivity contribution in [3.05, 3.63) is 0 Å². The molecule has 0 fully saturated rings. The minimum Gasteiger partial charge on any atom is -0.330 e. The lowest BCUT2D eigenvalue weighted by atomic mass is 9.90. The molecule has 0 heterocycles. The summed E-state index contributed by atoms with van der Waals surface area (Å²) < 4.78 is 0. The molecular formula is C16H37N3. The zero-order chi connectivity index (χ0) is 15.3. The quantitative estimate of drug-likeness (QED) is 0.748. The molecule has 0 saturated heterocycles. The molecule has 0 aromatic carbocycles. The third-order valence-electron chi connectivity index (χ3n) is 3.52. The van der Waals surface area contributed by atoms with Crippen molar-refractivity contribution < 1.29 is 0 Å². The van der Waals surface area contributed by atoms with Crippen LogP contribution >= 0.6 is 0 Å². The van der Waals surface area contributed by atoms with Crippen molar-refractivity contribution in [3.8, 4) is 0 Å². The Kier molecular flexibility index (Phi) is 7.01. The molecule has 0 bridgehead atoms. The molecule has 3 N–H and O–H groups in total. The van der Waals surface area contributed by atoms with Crippen molar-refractivity contribution in [2.45, 2.75) is 84.8 Å². The van der Waals surface area contributed by atoms with Crippen LogP contribution in [-0.2, 0) is 0 Å². The zero-order valence-electron chi connectivity index (χ0n) is 14.6. The van der Waals surface area contributed by atoms with Gasteiger partial charge in [0.05, 0.1) is 0 Å². The van der Waals surface area contributed by atoms with Gasteiger partial charge in [0, 0.05) is 29.7 Å². The van der Waals surface area contributed by atoms with E-state index < -0.39 is 0 Å². The highest BCUT2D eigenvalue weighted by atomic mass is 15.3. The lowest BCUT2D eigenvalue weighted by Gasteiger charge is -2.48. The van der Waals surface area contributed by atoms with E-state index in [2.05, 4.69) is 65.6 Å². The van der Waals surface area contributed by atoms with Crippen molar-refractivity contribution in [1.82, 2.24) is 10.2 Å². The van der Waals surface area contributed by atoms with E-state index >= 15 is 0 Å². The lowest BCUT2D eigenvalue weighted by molar-refractivity contribution is 0.0203. The Bertz CT molecular complexity index is 246. The van der Waals surface area contributed by atoms with Crippen LogP contribution in [0.25, 0.3) is 0 Å². The van der Waals surface area contributed by atoms with Gasteiger partial charge in [0.1, 0.15) is 0 Å². The first-order valence-corrected chi connectivity index (χ1v) is 7.63. The SMILES string of the molecule is CC(C)(C)NCCN(C(C)(C)C)C(C)(C)CCCN. The molecule has 0 aliphatic rings. The third-order valence-corrected chi connectivity index (χ3v) is 3.52. The second kappa shape index (κ2) is 7.05. The van der Waals surface area contributed by atoms with Crippen LogP contribution < -0.4 is 11.1 Å². The molecule has 3 heteroatoms. The number of rotatable bonds is 7. The van der Waals surface area contributed by atoms with Gasteiger partial charge in [-0.2, -0.15) is 0 Å². The number of hydrogen-bond donors (Lipinski definition) is 2. The number of hydrogen-bond acceptors (Lipinski definition) is 3. The van der Waals surface area contributed by atoms with E-state index in [4.69, 9.17) is 5.73 Å². The maximum absolute atomic E-state index is 5.67. The van der Waals surface area contributed by atoms with Gasteiger partial charge in [0.25, 0.3) is 0 Å². The highest BCUT2D eigenvalue weighted by molar-refractivity contribution is 4.90. The van der Waals surface area contributed by atoms with Crippen molar-refractivity contribution in [2.75, 3.05) is 19.6 Å². The van der Waals surface area contributed by atoms with Gasteiger partial charge < -0.3 is 11.1 Å². The summed E-state index contributed by atoms with van der Waals surface area (Å²) in [5.74, 6) is 0. The maximum Gasteiger partial charge on any atom is 0.0159 e. The van der Waals surface area contributed by atoms with Crippen molar-refractivity contribution in [3.63, 3.8) is 0 Å². The molecule has 0 amide bonds. The monoisotopic (exact) mass is 271 g/mol. The summed E-state index contributed by atoms with van der Waals surface area (Å²) in [6, 6.07) is 0. The van der Waals surface area contributed by atoms with E-state index in [1.165, 1.54) is 0 Å². The smallest absolute Gasteiger partial charge is 0.0159 e. The Morgan fingerprint density at radius 1 is 0.947 bits per heavy atom. The molecule has 0 rings (SSSR count). The standard InChI is InChI=1S/C16H37N3/c1-14(2,3)18-12-13-19(15(4,5)6)16(7,8)10-9-11-17/h18H,9-13,17H2,1-8H3. The van der Waals surface area contributed by atoms with Crippen LogP contribution in [0.3, 0.4) is 0 Å². The fraction of sp³-hybridized carbons (Fsp3) is 1.00. The van der Waals surface area contributed by atoms with Crippen LogP contribution in [0.15, 0.2) is 0 Å². The van der Waals surface area contributed by atoms with Gasteiger partial charge >= 0.3 is 0 Å². The summed E-state index contributed by atoms with van der Waals surface area (Å²) in [5.41, 5.74) is 6.23. The summed E-state index contributed by atoms with van der Waals surface area (Å²) in [7, 11) is 0. The normalized spacial score (nSPS) is 14.2. The van der Waals surface area contributed by atoms with E-state index in [1.54, 1.807) is 0 Å². The summed E-state index contributed by atoms with van der Waals surface area (Å²) in [5, 5.41) is 3.59. The topological polar surface area (TPSA) is 41.3 Å². The second-order valence-corrected chi connectivity index (χ2v) is 8.20. The molecular weight excluding hydrogens is 234 g/mol. The van der Waals surface area contributed by atoms with Gasteiger partial charge in [-0.05, 0) is 74.8 Å². The van der Waals surface area contributed by atoms with Gasteiger partial charge in [-0.3, -0.25) is 4.90 Å². The van der Waals surface area contributed by atoms with Gasteiger partial charge in [-0.1, -0.05) is 0 Å². The predicted octanol–water partition coefficient (Wildman–Crippen LogP) is 2.99. The molecule has 0 aliphatic heterocycles. The number of nitrogens with one attached hydrogen (secondary N) is 1. The van der Waals surface area contributed by atoms with Crippen LogP contribution in [0.5, 0.6) is 0 Å². The Morgan fingerprint density at radius 3 is 1.84 bits per heavy atom. The summed E-state index contributed by atoms with van der Waals surface area (Å²) >= 11 is 0. The minimum absolute atomic E-state index is 0.178. The average molecular weight is 271 g/mol. The van der Waals surface area contributed by atoms with E-state index in [0.717, 1.165) is 32.5 Å². The second-order valence-electron chi connectivity index (χ2n) is 8.20.